The zero-order valence-electron chi connectivity index (χ0n) is 12.5. The van der Waals surface area contributed by atoms with Crippen molar-refractivity contribution < 1.29 is 14.5 Å². The summed E-state index contributed by atoms with van der Waals surface area (Å²) in [5.41, 5.74) is 3.51. The number of nitrogens with one attached hydrogen (secondary N) is 1. The Balaban J connectivity index is 2.20. The Hall–Kier alpha value is -3.29. The number of hydrogen-bond acceptors (Lipinski definition) is 6. The van der Waals surface area contributed by atoms with Crippen molar-refractivity contribution in [2.45, 2.75) is 6.92 Å². The fourth-order valence-corrected chi connectivity index (χ4v) is 1.82. The van der Waals surface area contributed by atoms with Gasteiger partial charge < -0.3 is 4.74 Å². The second-order valence-electron chi connectivity index (χ2n) is 4.52. The van der Waals surface area contributed by atoms with Gasteiger partial charge in [-0.25, -0.2) is 5.43 Å². The molecule has 0 bridgehead atoms. The van der Waals surface area contributed by atoms with Crippen LogP contribution < -0.4 is 10.2 Å². The topological polar surface area (TPSA) is 107 Å². The molecule has 1 aromatic heterocycles. The molecule has 23 heavy (non-hydrogen) atoms. The molecule has 118 valence electrons. The average molecular weight is 314 g/mol. The van der Waals surface area contributed by atoms with Crippen LogP contribution in [0.2, 0.25) is 0 Å². The van der Waals surface area contributed by atoms with Gasteiger partial charge in [-0.3, -0.25) is 19.9 Å². The molecule has 1 aromatic carbocycles. The molecule has 2 rings (SSSR count). The van der Waals surface area contributed by atoms with Crippen LogP contribution in [-0.4, -0.2) is 28.6 Å². The van der Waals surface area contributed by atoms with E-state index in [4.69, 9.17) is 4.74 Å². The third kappa shape index (κ3) is 3.88. The molecule has 0 radical (unpaired) electrons. The highest BCUT2D eigenvalue weighted by Gasteiger charge is 2.16. The monoisotopic (exact) mass is 314 g/mol. The third-order valence-corrected chi connectivity index (χ3v) is 3.04. The molecule has 1 N–H and O–H groups in total. The quantitative estimate of drug-likeness (QED) is 0.517. The first-order valence-electron chi connectivity index (χ1n) is 6.60. The molecule has 0 aliphatic carbocycles. The second-order valence-corrected chi connectivity index (χ2v) is 4.52. The minimum atomic E-state index is -0.538. The molecule has 0 saturated carbocycles. The van der Waals surface area contributed by atoms with Crippen LogP contribution in [0.4, 0.5) is 5.69 Å². The van der Waals surface area contributed by atoms with Crippen molar-refractivity contribution in [1.29, 1.82) is 0 Å². The maximum atomic E-state index is 11.9. The number of hydrogen-bond donors (Lipinski definition) is 1. The number of rotatable bonds is 5. The lowest BCUT2D eigenvalue weighted by Crippen LogP contribution is -2.19. The van der Waals surface area contributed by atoms with E-state index in [0.717, 1.165) is 0 Å². The molecule has 0 saturated heterocycles. The van der Waals surface area contributed by atoms with Gasteiger partial charge in [0.2, 0.25) is 0 Å². The van der Waals surface area contributed by atoms with Crippen molar-refractivity contribution in [2.24, 2.45) is 5.10 Å². The second kappa shape index (κ2) is 7.12. The maximum absolute atomic E-state index is 11.9. The molecule has 0 unspecified atom stereocenters. The van der Waals surface area contributed by atoms with Gasteiger partial charge in [0.15, 0.2) is 5.75 Å². The lowest BCUT2D eigenvalue weighted by Gasteiger charge is -2.05. The van der Waals surface area contributed by atoms with Gasteiger partial charge in [-0.1, -0.05) is 0 Å². The number of nitro groups is 1. The van der Waals surface area contributed by atoms with Gasteiger partial charge in [0.05, 0.1) is 23.3 Å². The number of carbonyl (C=O) groups excluding carboxylic acids is 1. The predicted octanol–water partition coefficient (Wildman–Crippen LogP) is 2.15. The Morgan fingerprint density at radius 2 is 2.13 bits per heavy atom. The Morgan fingerprint density at radius 1 is 1.35 bits per heavy atom. The maximum Gasteiger partial charge on any atom is 0.311 e. The van der Waals surface area contributed by atoms with E-state index in [0.29, 0.717) is 16.8 Å². The van der Waals surface area contributed by atoms with Crippen molar-refractivity contribution in [2.75, 3.05) is 7.11 Å². The number of carbonyl (C=O) groups is 1. The van der Waals surface area contributed by atoms with E-state index >= 15 is 0 Å². The number of methoxy groups -OCH3 is 1. The molecular weight excluding hydrogens is 300 g/mol. The van der Waals surface area contributed by atoms with Gasteiger partial charge in [0, 0.05) is 24.0 Å². The molecule has 0 fully saturated rings. The van der Waals surface area contributed by atoms with Gasteiger partial charge >= 0.3 is 5.69 Å². The molecule has 8 heteroatoms. The van der Waals surface area contributed by atoms with Crippen LogP contribution in [0.25, 0.3) is 0 Å². The third-order valence-electron chi connectivity index (χ3n) is 3.04. The number of aromatic nitrogens is 1. The highest BCUT2D eigenvalue weighted by Crippen LogP contribution is 2.27. The van der Waals surface area contributed by atoms with Crippen molar-refractivity contribution in [3.63, 3.8) is 0 Å². The first-order chi connectivity index (χ1) is 11.0. The van der Waals surface area contributed by atoms with Gasteiger partial charge in [0.1, 0.15) is 0 Å². The summed E-state index contributed by atoms with van der Waals surface area (Å²) in [6.07, 6.45) is 2.97. The molecule has 1 amide bonds. The van der Waals surface area contributed by atoms with E-state index in [9.17, 15) is 14.9 Å². The zero-order chi connectivity index (χ0) is 16.8. The molecular formula is C15H14N4O4. The Bertz CT molecular complexity index is 759. The SMILES string of the molecule is COc1ccc(/C(C)=N/NC(=O)c2cccnc2)cc1[N+](=O)[O-]. The molecule has 0 aliphatic heterocycles. The fraction of sp³-hybridized carbons (Fsp3) is 0.133. The van der Waals surface area contributed by atoms with Crippen molar-refractivity contribution in [1.82, 2.24) is 10.4 Å². The fourth-order valence-electron chi connectivity index (χ4n) is 1.82. The number of hydrazone groups is 1. The minimum absolute atomic E-state index is 0.158. The summed E-state index contributed by atoms with van der Waals surface area (Å²) < 4.78 is 4.94. The van der Waals surface area contributed by atoms with E-state index in [2.05, 4.69) is 15.5 Å². The molecule has 0 aliphatic rings. The number of nitro benzene ring substituents is 1. The molecule has 2 aromatic rings. The molecule has 0 spiro atoms. The molecule has 8 nitrogen and oxygen atoms in total. The zero-order valence-corrected chi connectivity index (χ0v) is 12.5. The van der Waals surface area contributed by atoms with Gasteiger partial charge in [-0.15, -0.1) is 0 Å². The van der Waals surface area contributed by atoms with Gasteiger partial charge in [-0.05, 0) is 31.2 Å². The summed E-state index contributed by atoms with van der Waals surface area (Å²) in [4.78, 5) is 26.2. The highest BCUT2D eigenvalue weighted by molar-refractivity contribution is 6.01. The first-order valence-corrected chi connectivity index (χ1v) is 6.60. The van der Waals surface area contributed by atoms with Crippen LogP contribution in [0.5, 0.6) is 5.75 Å². The summed E-state index contributed by atoms with van der Waals surface area (Å²) >= 11 is 0. The Labute approximate surface area is 132 Å². The predicted molar refractivity (Wildman–Crippen MR) is 83.6 cm³/mol. The minimum Gasteiger partial charge on any atom is -0.490 e. The number of benzene rings is 1. The summed E-state index contributed by atoms with van der Waals surface area (Å²) in [5, 5.41) is 15.0. The van der Waals surface area contributed by atoms with Crippen LogP contribution >= 0.6 is 0 Å². The van der Waals surface area contributed by atoms with Gasteiger partial charge in [-0.2, -0.15) is 5.10 Å². The highest BCUT2D eigenvalue weighted by atomic mass is 16.6. The van der Waals surface area contributed by atoms with Crippen molar-refractivity contribution in [3.05, 3.63) is 64.0 Å². The van der Waals surface area contributed by atoms with Crippen molar-refractivity contribution in [3.8, 4) is 5.75 Å². The van der Waals surface area contributed by atoms with E-state index in [1.807, 2.05) is 0 Å². The van der Waals surface area contributed by atoms with Crippen LogP contribution in [0.3, 0.4) is 0 Å². The lowest BCUT2D eigenvalue weighted by molar-refractivity contribution is -0.385. The largest absolute Gasteiger partial charge is 0.490 e. The van der Waals surface area contributed by atoms with Gasteiger partial charge in [0.25, 0.3) is 5.91 Å². The standard InChI is InChI=1S/C15H14N4O4/c1-10(17-18-15(20)12-4-3-7-16-9-12)11-5-6-14(23-2)13(8-11)19(21)22/h3-9H,1-2H3,(H,18,20)/b17-10+. The summed E-state index contributed by atoms with van der Waals surface area (Å²) in [5.74, 6) is -0.258. The number of amides is 1. The number of nitrogens with zero attached hydrogens (tertiary/aromatic N) is 3. The average Bonchev–Trinajstić information content (AvgIpc) is 2.59. The Kier molecular flexibility index (Phi) is 4.98. The smallest absolute Gasteiger partial charge is 0.311 e. The van der Waals surface area contributed by atoms with Crippen molar-refractivity contribution >= 4 is 17.3 Å². The normalized spacial score (nSPS) is 11.0. The molecule has 1 heterocycles. The lowest BCUT2D eigenvalue weighted by atomic mass is 10.1. The van der Waals surface area contributed by atoms with Crippen LogP contribution in [0.15, 0.2) is 47.8 Å². The van der Waals surface area contributed by atoms with E-state index in [1.54, 1.807) is 31.3 Å². The summed E-state index contributed by atoms with van der Waals surface area (Å²) in [6, 6.07) is 7.69. The van der Waals surface area contributed by atoms with E-state index in [-0.39, 0.29) is 11.4 Å². The Morgan fingerprint density at radius 3 is 2.74 bits per heavy atom. The molecule has 0 atom stereocenters. The number of pyridine rings is 1. The first kappa shape index (κ1) is 16.1. The summed E-state index contributed by atoms with van der Waals surface area (Å²) in [6.45, 7) is 1.63. The van der Waals surface area contributed by atoms with Crippen LogP contribution in [-0.2, 0) is 0 Å². The van der Waals surface area contributed by atoms with E-state index < -0.39 is 10.8 Å². The summed E-state index contributed by atoms with van der Waals surface area (Å²) in [7, 11) is 1.36. The van der Waals surface area contributed by atoms with Crippen LogP contribution in [0.1, 0.15) is 22.8 Å². The van der Waals surface area contributed by atoms with E-state index in [1.165, 1.54) is 25.4 Å². The van der Waals surface area contributed by atoms with Crippen LogP contribution in [0, 0.1) is 10.1 Å². The number of ether oxygens (including phenoxy) is 1.